The van der Waals surface area contributed by atoms with E-state index in [0.717, 1.165) is 11.8 Å². The van der Waals surface area contributed by atoms with Crippen molar-refractivity contribution in [2.45, 2.75) is 13.5 Å². The summed E-state index contributed by atoms with van der Waals surface area (Å²) >= 11 is 5.89. The number of carbonyl (C=O) groups is 1. The van der Waals surface area contributed by atoms with Crippen molar-refractivity contribution in [3.8, 4) is 5.75 Å². The number of phosphoric ester groups is 1. The first-order chi connectivity index (χ1) is 10.2. The summed E-state index contributed by atoms with van der Waals surface area (Å²) in [5.74, 6) is -0.615. The average Bonchev–Trinajstić information content (AvgIpc) is 2.71. The molecule has 0 aromatic carbocycles. The van der Waals surface area contributed by atoms with Gasteiger partial charge in [0, 0.05) is 46.9 Å². The molecule has 23 heavy (non-hydrogen) atoms. The van der Waals surface area contributed by atoms with E-state index in [1.807, 2.05) is 0 Å². The van der Waals surface area contributed by atoms with Gasteiger partial charge in [0.25, 0.3) is 5.91 Å². The molecule has 119 valence electrons. The van der Waals surface area contributed by atoms with Crippen LogP contribution in [0.3, 0.4) is 0 Å². The van der Waals surface area contributed by atoms with Gasteiger partial charge in [-0.1, -0.05) is 24.0 Å². The number of thioether (sulfide) groups is 1. The SMILES string of the molecule is Cc1ncc(COP(=O)(O)O)c(C=C2SC(=S)NC2=O)c1O.[Na]. The molecule has 0 atom stereocenters. The summed E-state index contributed by atoms with van der Waals surface area (Å²) in [7, 11) is -4.67. The molecule has 1 amide bonds. The van der Waals surface area contributed by atoms with Crippen LogP contribution in [0.25, 0.3) is 6.08 Å². The Bertz CT molecular complexity index is 735. The number of thiocarbonyl (C=S) groups is 1. The van der Waals surface area contributed by atoms with Crippen LogP contribution in [0.5, 0.6) is 5.75 Å². The van der Waals surface area contributed by atoms with Crippen LogP contribution in [0.2, 0.25) is 0 Å². The van der Waals surface area contributed by atoms with E-state index in [1.54, 1.807) is 6.92 Å². The first-order valence-corrected chi connectivity index (χ1v) is 8.55. The Morgan fingerprint density at radius 2 is 2.17 bits per heavy atom. The first kappa shape index (κ1) is 20.8. The van der Waals surface area contributed by atoms with Crippen LogP contribution < -0.4 is 5.32 Å². The maximum atomic E-state index is 11.7. The third-order valence-electron chi connectivity index (χ3n) is 2.66. The van der Waals surface area contributed by atoms with Crippen molar-refractivity contribution < 1.29 is 28.8 Å². The molecule has 4 N–H and O–H groups in total. The summed E-state index contributed by atoms with van der Waals surface area (Å²) in [6, 6.07) is 0. The second-order valence-corrected chi connectivity index (χ2v) is 7.21. The van der Waals surface area contributed by atoms with E-state index in [4.69, 9.17) is 22.0 Å². The van der Waals surface area contributed by atoms with E-state index in [2.05, 4.69) is 14.8 Å². The molecule has 1 aromatic heterocycles. The zero-order chi connectivity index (χ0) is 16.5. The minimum atomic E-state index is -4.67. The average molecular weight is 385 g/mol. The molecule has 0 bridgehead atoms. The molecule has 0 aliphatic carbocycles. The molecular formula is C11H11N2NaO6PS2. The van der Waals surface area contributed by atoms with Crippen molar-refractivity contribution in [3.05, 3.63) is 27.9 Å². The van der Waals surface area contributed by atoms with E-state index in [0.29, 0.717) is 5.69 Å². The summed E-state index contributed by atoms with van der Waals surface area (Å²) in [6.07, 6.45) is 2.69. The molecule has 2 heterocycles. The quantitative estimate of drug-likeness (QED) is 0.258. The van der Waals surface area contributed by atoms with Gasteiger partial charge in [0.2, 0.25) is 0 Å². The summed E-state index contributed by atoms with van der Waals surface area (Å²) in [5.41, 5.74) is 0.728. The predicted molar refractivity (Wildman–Crippen MR) is 89.5 cm³/mol. The van der Waals surface area contributed by atoms with Gasteiger partial charge < -0.3 is 20.2 Å². The van der Waals surface area contributed by atoms with Gasteiger partial charge in [-0.2, -0.15) is 0 Å². The van der Waals surface area contributed by atoms with Gasteiger partial charge in [-0.3, -0.25) is 14.3 Å². The zero-order valence-corrected chi connectivity index (χ0v) is 16.7. The van der Waals surface area contributed by atoms with Gasteiger partial charge in [0.05, 0.1) is 17.2 Å². The van der Waals surface area contributed by atoms with Crippen LogP contribution in [0, 0.1) is 6.92 Å². The maximum absolute atomic E-state index is 11.7. The fourth-order valence-corrected chi connectivity index (χ4v) is 2.97. The molecule has 12 heteroatoms. The summed E-state index contributed by atoms with van der Waals surface area (Å²) in [5, 5.41) is 12.5. The van der Waals surface area contributed by atoms with Gasteiger partial charge in [-0.05, 0) is 13.0 Å². The number of phosphoric acid groups is 1. The van der Waals surface area contributed by atoms with Crippen LogP contribution in [0.4, 0.5) is 0 Å². The number of aryl methyl sites for hydroxylation is 1. The van der Waals surface area contributed by atoms with Crippen LogP contribution in [-0.4, -0.2) is 59.7 Å². The molecule has 1 fully saturated rings. The van der Waals surface area contributed by atoms with Gasteiger partial charge in [0.15, 0.2) is 0 Å². The van der Waals surface area contributed by atoms with Crippen LogP contribution >= 0.6 is 31.8 Å². The molecule has 1 aromatic rings. The smallest absolute Gasteiger partial charge is 0.469 e. The molecule has 0 unspecified atom stereocenters. The molecule has 1 aliphatic rings. The molecule has 8 nitrogen and oxygen atoms in total. The fourth-order valence-electron chi connectivity index (χ4n) is 1.63. The Hall–Kier alpha value is -0.290. The number of nitrogens with one attached hydrogen (secondary N) is 1. The number of nitrogens with zero attached hydrogens (tertiary/aromatic N) is 1. The number of aromatic hydroxyl groups is 1. The number of rotatable bonds is 4. The van der Waals surface area contributed by atoms with E-state index in [1.165, 1.54) is 12.3 Å². The Kier molecular flexibility index (Phi) is 7.39. The van der Waals surface area contributed by atoms with Crippen molar-refractivity contribution in [1.82, 2.24) is 10.3 Å². The van der Waals surface area contributed by atoms with E-state index in [-0.39, 0.29) is 55.7 Å². The minimum absolute atomic E-state index is 0. The summed E-state index contributed by atoms with van der Waals surface area (Å²) < 4.78 is 15.5. The fraction of sp³-hybridized carbons (Fsp3) is 0.182. The Morgan fingerprint density at radius 3 is 2.70 bits per heavy atom. The first-order valence-electron chi connectivity index (χ1n) is 5.80. The molecule has 1 saturated heterocycles. The molecular weight excluding hydrogens is 374 g/mol. The van der Waals surface area contributed by atoms with Gasteiger partial charge in [-0.25, -0.2) is 4.57 Å². The monoisotopic (exact) mass is 385 g/mol. The topological polar surface area (TPSA) is 129 Å². The maximum Gasteiger partial charge on any atom is 0.469 e. The number of amides is 1. The Balaban J connectivity index is 0.00000264. The van der Waals surface area contributed by atoms with E-state index < -0.39 is 20.3 Å². The normalized spacial score (nSPS) is 16.4. The van der Waals surface area contributed by atoms with Crippen LogP contribution in [0.1, 0.15) is 16.8 Å². The van der Waals surface area contributed by atoms with Gasteiger partial charge >= 0.3 is 7.82 Å². The zero-order valence-electron chi connectivity index (χ0n) is 12.1. The predicted octanol–water partition coefficient (Wildman–Crippen LogP) is 0.813. The Labute approximate surface area is 163 Å². The molecule has 0 spiro atoms. The standard InChI is InChI=1S/C11H11N2O6PS2.Na/c1-5-9(14)7(2-8-10(15)13-11(21)22-8)6(3-12-5)4-19-20(16,17)18;/h2-3,14H,4H2,1H3,(H,13,15,21)(H2,16,17,18);. The third kappa shape index (κ3) is 5.63. The van der Waals surface area contributed by atoms with Gasteiger partial charge in [0.1, 0.15) is 10.1 Å². The van der Waals surface area contributed by atoms with Crippen molar-refractivity contribution in [2.24, 2.45) is 0 Å². The van der Waals surface area contributed by atoms with Crippen molar-refractivity contribution in [1.29, 1.82) is 0 Å². The summed E-state index contributed by atoms with van der Waals surface area (Å²) in [4.78, 5) is 33.3. The van der Waals surface area contributed by atoms with Gasteiger partial charge in [-0.15, -0.1) is 0 Å². The van der Waals surface area contributed by atoms with E-state index >= 15 is 0 Å². The van der Waals surface area contributed by atoms with E-state index in [9.17, 15) is 14.5 Å². The number of pyridine rings is 1. The minimum Gasteiger partial charge on any atom is -0.505 e. The third-order valence-corrected chi connectivity index (χ3v) is 4.29. The van der Waals surface area contributed by atoms with Crippen molar-refractivity contribution in [2.75, 3.05) is 0 Å². The summed E-state index contributed by atoms with van der Waals surface area (Å²) in [6.45, 7) is 1.08. The number of carbonyl (C=O) groups excluding carboxylic acids is 1. The number of hydrogen-bond acceptors (Lipinski definition) is 7. The second kappa shape index (κ2) is 8.19. The van der Waals surface area contributed by atoms with Crippen molar-refractivity contribution >= 4 is 77.7 Å². The second-order valence-electron chi connectivity index (χ2n) is 4.25. The molecule has 2 rings (SSSR count). The van der Waals surface area contributed by atoms with Crippen LogP contribution in [0.15, 0.2) is 11.1 Å². The Morgan fingerprint density at radius 1 is 1.52 bits per heavy atom. The number of hydrogen-bond donors (Lipinski definition) is 4. The molecule has 1 aliphatic heterocycles. The molecule has 1 radical (unpaired) electrons. The molecule has 0 saturated carbocycles. The van der Waals surface area contributed by atoms with Crippen molar-refractivity contribution in [3.63, 3.8) is 0 Å². The largest absolute Gasteiger partial charge is 0.505 e. The number of aromatic nitrogens is 1. The van der Waals surface area contributed by atoms with Crippen LogP contribution in [-0.2, 0) is 20.5 Å².